The number of hydrogen-bond donors (Lipinski definition) is 3. The Kier molecular flexibility index (Phi) is 32.3. The summed E-state index contributed by atoms with van der Waals surface area (Å²) in [6.45, 7) is 3.56. The molecule has 3 aliphatic heterocycles. The summed E-state index contributed by atoms with van der Waals surface area (Å²) in [4.78, 5) is 44.6. The van der Waals surface area contributed by atoms with Gasteiger partial charge in [0.05, 0.1) is 50.3 Å². The first kappa shape index (κ1) is 71.6. The normalized spacial score (nSPS) is 14.4. The van der Waals surface area contributed by atoms with Gasteiger partial charge in [0.25, 0.3) is 6.47 Å². The van der Waals surface area contributed by atoms with Crippen LogP contribution in [-0.4, -0.2) is 91.1 Å². The molecule has 3 N–H and O–H groups in total. The molecule has 28 heteroatoms. The molecule has 3 fully saturated rings. The molecule has 0 radical (unpaired) electrons. The average Bonchev–Trinajstić information content (AvgIpc) is 4.33. The minimum Gasteiger partial charge on any atom is -1.00 e. The van der Waals surface area contributed by atoms with Gasteiger partial charge in [-0.15, -0.1) is 0 Å². The molecule has 3 saturated heterocycles. The molecular weight excluding hydrogens is 1430 g/mol. The number of rotatable bonds is 9. The number of anilines is 4. The second-order valence-electron chi connectivity index (χ2n) is 17.8. The first-order chi connectivity index (χ1) is 40.5. The van der Waals surface area contributed by atoms with E-state index in [1.165, 1.54) is 18.6 Å². The smallest absolute Gasteiger partial charge is 1.00 e. The molecule has 0 spiro atoms. The van der Waals surface area contributed by atoms with Crippen LogP contribution in [0.25, 0.3) is 20.4 Å². The van der Waals surface area contributed by atoms with E-state index in [0.29, 0.717) is 80.3 Å². The van der Waals surface area contributed by atoms with Gasteiger partial charge in [-0.3, -0.25) is 14.8 Å². The van der Waals surface area contributed by atoms with E-state index in [2.05, 4.69) is 85.7 Å². The third kappa shape index (κ3) is 22.1. The number of nitrogens with zero attached hydrogens (tertiary/aromatic N) is 11. The SMILES string of the molecule is Clc1nccnc1Cl.N#CC1(c2nccnc2Cl)CCOCC1.N#CC1(c2nccnc2Oc2ccc(Nc3nc4ccccc4s3)cc2)CCOCC1.N#CC1CCOCC1.O=CO[O-].Oc1ccc(Nc2nc3ccccc3s2)cc1.[Cs+].[Cs+].[H-]. The van der Waals surface area contributed by atoms with E-state index in [1.54, 1.807) is 53.4 Å². The van der Waals surface area contributed by atoms with Crippen molar-refractivity contribution in [3.05, 3.63) is 161 Å². The number of phenols is 1. The molecular formula is C57H52Cl3Cs2N13O8S2. The number of benzene rings is 4. The van der Waals surface area contributed by atoms with E-state index in [-0.39, 0.29) is 168 Å². The number of nitriles is 3. The van der Waals surface area contributed by atoms with Gasteiger partial charge >= 0.3 is 138 Å². The first-order valence-corrected chi connectivity index (χ1v) is 28.2. The number of aromatic nitrogens is 8. The third-order valence-corrected chi connectivity index (χ3v) is 15.3. The maximum absolute atomic E-state index is 9.87. The van der Waals surface area contributed by atoms with E-state index < -0.39 is 10.8 Å². The van der Waals surface area contributed by atoms with Crippen LogP contribution in [0, 0.1) is 39.9 Å². The molecule has 85 heavy (non-hydrogen) atoms. The number of nitrogens with one attached hydrogen (secondary N) is 2. The van der Waals surface area contributed by atoms with Crippen LogP contribution in [0.1, 0.15) is 51.3 Å². The predicted molar refractivity (Wildman–Crippen MR) is 314 cm³/mol. The Balaban J connectivity index is 0.000000245. The number of carbonyl (C=O) groups is 1. The van der Waals surface area contributed by atoms with Gasteiger partial charge < -0.3 is 46.3 Å². The molecule has 428 valence electrons. The number of phenolic OH excluding ortho intramolecular Hbond substituents is 1. The fourth-order valence-electron chi connectivity index (χ4n) is 8.10. The van der Waals surface area contributed by atoms with Gasteiger partial charge in [-0.1, -0.05) is 81.7 Å². The maximum Gasteiger partial charge on any atom is 1.00 e. The summed E-state index contributed by atoms with van der Waals surface area (Å²) >= 11 is 20.0. The van der Waals surface area contributed by atoms with E-state index in [0.717, 1.165) is 68.1 Å². The van der Waals surface area contributed by atoms with Crippen LogP contribution >= 0.6 is 57.5 Å². The predicted octanol–water partition coefficient (Wildman–Crippen LogP) is 5.92. The van der Waals surface area contributed by atoms with Gasteiger partial charge in [0, 0.05) is 88.2 Å². The summed E-state index contributed by atoms with van der Waals surface area (Å²) < 4.78 is 24.1. The number of ether oxygens (including phenoxy) is 4. The molecule has 3 aliphatic rings. The molecule has 0 saturated carbocycles. The number of aromatic hydroxyl groups is 1. The summed E-state index contributed by atoms with van der Waals surface area (Å²) in [5.41, 5.74) is 3.59. The van der Waals surface area contributed by atoms with Crippen molar-refractivity contribution in [1.82, 2.24) is 39.9 Å². The first-order valence-electron chi connectivity index (χ1n) is 25.4. The van der Waals surface area contributed by atoms with E-state index in [9.17, 15) is 15.6 Å². The van der Waals surface area contributed by atoms with Crippen LogP contribution in [-0.2, 0) is 34.7 Å². The van der Waals surface area contributed by atoms with Gasteiger partial charge in [-0.25, -0.2) is 29.9 Å². The monoisotopic (exact) mass is 1480 g/mol. The second kappa shape index (κ2) is 38.3. The zero-order valence-electron chi connectivity index (χ0n) is 47.0. The van der Waals surface area contributed by atoms with Crippen molar-refractivity contribution in [2.24, 2.45) is 5.92 Å². The zero-order chi connectivity index (χ0) is 58.7. The maximum atomic E-state index is 9.87. The second-order valence-corrected chi connectivity index (χ2v) is 20.9. The van der Waals surface area contributed by atoms with Crippen molar-refractivity contribution >= 4 is 106 Å². The molecule has 4 aromatic carbocycles. The number of halogens is 3. The number of para-hydroxylation sites is 2. The van der Waals surface area contributed by atoms with Crippen molar-refractivity contribution in [3.8, 4) is 35.6 Å². The van der Waals surface area contributed by atoms with Crippen LogP contribution in [0.3, 0.4) is 0 Å². The Morgan fingerprint density at radius 3 is 1.44 bits per heavy atom. The van der Waals surface area contributed by atoms with Crippen molar-refractivity contribution in [3.63, 3.8) is 0 Å². The number of carbonyl (C=O) groups excluding carboxylic acids is 1. The van der Waals surface area contributed by atoms with Crippen LogP contribution in [0.15, 0.2) is 134 Å². The van der Waals surface area contributed by atoms with Crippen LogP contribution in [0.2, 0.25) is 15.5 Å². The summed E-state index contributed by atoms with van der Waals surface area (Å²) in [7, 11) is 0. The van der Waals surface area contributed by atoms with Crippen molar-refractivity contribution in [1.29, 1.82) is 15.8 Å². The van der Waals surface area contributed by atoms with E-state index >= 15 is 0 Å². The third-order valence-electron chi connectivity index (χ3n) is 12.4. The Bertz CT molecular complexity index is 3540. The fourth-order valence-corrected chi connectivity index (χ4v) is 10.4. The molecule has 12 rings (SSSR count). The molecule has 5 aromatic heterocycles. The average molecular weight is 1480 g/mol. The molecule has 0 aliphatic carbocycles. The summed E-state index contributed by atoms with van der Waals surface area (Å²) in [6, 6.07) is 37.5. The minimum absolute atomic E-state index is 0. The van der Waals surface area contributed by atoms with Crippen molar-refractivity contribution in [2.45, 2.75) is 49.4 Å². The summed E-state index contributed by atoms with van der Waals surface area (Å²) in [5, 5.41) is 54.2. The van der Waals surface area contributed by atoms with Crippen LogP contribution in [0.5, 0.6) is 17.4 Å². The molecule has 9 aromatic rings. The van der Waals surface area contributed by atoms with Gasteiger partial charge in [0.2, 0.25) is 5.88 Å². The number of thiazole rings is 2. The van der Waals surface area contributed by atoms with Crippen molar-refractivity contribution in [2.75, 3.05) is 50.3 Å². The summed E-state index contributed by atoms with van der Waals surface area (Å²) in [6.07, 6.45) is 13.5. The quantitative estimate of drug-likeness (QED) is 0.0654. The molecule has 0 atom stereocenters. The fraction of sp³-hybridized carbons (Fsp3) is 0.263. The van der Waals surface area contributed by atoms with Gasteiger partial charge in [0.15, 0.2) is 25.7 Å². The van der Waals surface area contributed by atoms with Crippen LogP contribution < -0.4 is 158 Å². The Labute approximate surface area is 632 Å². The topological polar surface area (TPSA) is 305 Å². The largest absolute Gasteiger partial charge is 1.00 e. The molecule has 0 unspecified atom stereocenters. The number of fused-ring (bicyclic) bond motifs is 2. The standard InChI is InChI=1S/C23H19N5O2S.C13H10N2OS.C10H10ClN3O.C6H9NO.C4H2Cl2N2.CH2O3.2Cs.H/c24-15-23(9-13-29-14-10-23)20-21(26-12-11-25-20)30-17-7-5-16(6-8-17)27-22-28-18-3-1-2-4-19(18)31-22;16-10-7-5-9(6-8-10)14-13-15-11-3-1-2-4-12(11)17-13;11-9-8(13-3-4-14-9)10(7-12)1-5-15-6-2-10;7-5-6-1-3-8-4-2-6;5-3-4(6)8-2-1-7-3;2-1-4-3;;;/h1-8,11-12H,9-10,13-14H2,(H,27,28);1-8,16H,(H,14,15);3-4H,1-2,5-6H2;6H,1-4H2;1-2H;1,3H;;;/q;;;;;;2*+1;-1/p-1. The van der Waals surface area contributed by atoms with E-state index in [4.69, 9.17) is 69.1 Å². The van der Waals surface area contributed by atoms with Gasteiger partial charge in [-0.2, -0.15) is 15.8 Å². The molecule has 0 amide bonds. The zero-order valence-corrected chi connectivity index (χ0v) is 62.5. The van der Waals surface area contributed by atoms with Crippen LogP contribution in [0.4, 0.5) is 21.6 Å². The van der Waals surface area contributed by atoms with Crippen molar-refractivity contribution < 1.29 is 178 Å². The van der Waals surface area contributed by atoms with E-state index in [1.807, 2.05) is 72.8 Å². The van der Waals surface area contributed by atoms with Gasteiger partial charge in [0.1, 0.15) is 28.0 Å². The Hall–Kier alpha value is -4.15. The molecule has 0 bridgehead atoms. The molecule has 21 nitrogen and oxygen atoms in total. The Morgan fingerprint density at radius 2 is 1.01 bits per heavy atom. The minimum atomic E-state index is -0.740. The molecule has 8 heterocycles. The Morgan fingerprint density at radius 1 is 0.600 bits per heavy atom. The summed E-state index contributed by atoms with van der Waals surface area (Å²) in [5.74, 6) is 1.51. The van der Waals surface area contributed by atoms with Gasteiger partial charge in [-0.05, 0) is 111 Å². The number of hydrogen-bond acceptors (Lipinski definition) is 23.